The molecule has 0 aliphatic rings. The average Bonchev–Trinajstić information content (AvgIpc) is 2.93. The van der Waals surface area contributed by atoms with Gasteiger partial charge in [0, 0.05) is 16.4 Å². The molecule has 2 aromatic rings. The van der Waals surface area contributed by atoms with Crippen LogP contribution in [0.2, 0.25) is 10.0 Å². The molecule has 130 valence electrons. The van der Waals surface area contributed by atoms with Gasteiger partial charge in [0.05, 0.1) is 16.2 Å². The van der Waals surface area contributed by atoms with Crippen molar-refractivity contribution in [1.29, 1.82) is 0 Å². The molecule has 1 heterocycles. The van der Waals surface area contributed by atoms with Crippen LogP contribution in [0.25, 0.3) is 0 Å². The molecule has 1 N–H and O–H groups in total. The monoisotopic (exact) mass is 407 g/mol. The molecule has 0 saturated carbocycles. The molecule has 1 aromatic carbocycles. The van der Waals surface area contributed by atoms with E-state index in [-0.39, 0.29) is 12.4 Å². The quantitative estimate of drug-likeness (QED) is 0.680. The van der Waals surface area contributed by atoms with Crippen molar-refractivity contribution in [1.82, 2.24) is 4.72 Å². The minimum absolute atomic E-state index is 0.136. The van der Waals surface area contributed by atoms with Crippen LogP contribution in [-0.2, 0) is 16.4 Å². The first kappa shape index (κ1) is 19.2. The molecule has 2 rings (SSSR count). The third-order valence-electron chi connectivity index (χ3n) is 2.92. The fourth-order valence-corrected chi connectivity index (χ4v) is 3.70. The van der Waals surface area contributed by atoms with Crippen LogP contribution in [0, 0.1) is 0 Å². The normalized spacial score (nSPS) is 11.5. The number of rotatable bonds is 8. The lowest BCUT2D eigenvalue weighted by atomic mass is 10.3. The molecule has 0 atom stereocenters. The van der Waals surface area contributed by atoms with Crippen LogP contribution in [0.15, 0.2) is 30.3 Å². The van der Waals surface area contributed by atoms with E-state index in [2.05, 4.69) is 4.72 Å². The molecule has 0 bridgehead atoms. The number of hydrogen-bond acceptors (Lipinski definition) is 5. The first-order valence-corrected chi connectivity index (χ1v) is 10.4. The SMILES string of the molecule is CS(=O)(=O)NCCc1ccc(C(=O)COc2ccc(Cl)cc2Cl)s1. The zero-order valence-corrected chi connectivity index (χ0v) is 15.9. The van der Waals surface area contributed by atoms with Gasteiger partial charge in [-0.05, 0) is 36.8 Å². The molecule has 1 aromatic heterocycles. The molecular weight excluding hydrogens is 393 g/mol. The fourth-order valence-electron chi connectivity index (χ4n) is 1.83. The van der Waals surface area contributed by atoms with Crippen LogP contribution < -0.4 is 9.46 Å². The van der Waals surface area contributed by atoms with Gasteiger partial charge in [-0.3, -0.25) is 4.79 Å². The molecule has 0 radical (unpaired) electrons. The molecule has 9 heteroatoms. The van der Waals surface area contributed by atoms with Gasteiger partial charge >= 0.3 is 0 Å². The van der Waals surface area contributed by atoms with Gasteiger partial charge in [-0.25, -0.2) is 13.1 Å². The molecule has 0 amide bonds. The van der Waals surface area contributed by atoms with E-state index < -0.39 is 10.0 Å². The summed E-state index contributed by atoms with van der Waals surface area (Å²) in [7, 11) is -3.20. The number of hydrogen-bond donors (Lipinski definition) is 1. The lowest BCUT2D eigenvalue weighted by Crippen LogP contribution is -2.24. The molecule has 0 aliphatic carbocycles. The molecule has 0 saturated heterocycles. The van der Waals surface area contributed by atoms with E-state index in [0.717, 1.165) is 11.1 Å². The standard InChI is InChI=1S/C15H15Cl2NO4S2/c1-24(20,21)18-7-6-11-3-5-15(23-11)13(19)9-22-14-4-2-10(16)8-12(14)17/h2-5,8,18H,6-7,9H2,1H3. The van der Waals surface area contributed by atoms with Gasteiger partial charge in [0.2, 0.25) is 15.8 Å². The number of sulfonamides is 1. The first-order valence-electron chi connectivity index (χ1n) is 6.89. The van der Waals surface area contributed by atoms with Gasteiger partial charge in [-0.1, -0.05) is 23.2 Å². The second-order valence-corrected chi connectivity index (χ2v) is 8.81. The number of carbonyl (C=O) groups excluding carboxylic acids is 1. The number of benzene rings is 1. The van der Waals surface area contributed by atoms with Crippen molar-refractivity contribution in [3.05, 3.63) is 50.1 Å². The van der Waals surface area contributed by atoms with E-state index in [0.29, 0.717) is 33.6 Å². The zero-order chi connectivity index (χ0) is 17.7. The second-order valence-electron chi connectivity index (χ2n) is 4.97. The van der Waals surface area contributed by atoms with Gasteiger partial charge in [0.1, 0.15) is 5.75 Å². The van der Waals surface area contributed by atoms with Crippen LogP contribution in [0.4, 0.5) is 0 Å². The van der Waals surface area contributed by atoms with Crippen molar-refractivity contribution in [2.45, 2.75) is 6.42 Å². The Morgan fingerprint density at radius 2 is 2.00 bits per heavy atom. The predicted molar refractivity (Wildman–Crippen MR) is 97.2 cm³/mol. The maximum absolute atomic E-state index is 12.1. The Balaban J connectivity index is 1.89. The summed E-state index contributed by atoms with van der Waals surface area (Å²) in [6.07, 6.45) is 1.63. The van der Waals surface area contributed by atoms with Crippen molar-refractivity contribution < 1.29 is 17.9 Å². The predicted octanol–water partition coefficient (Wildman–Crippen LogP) is 3.41. The highest BCUT2D eigenvalue weighted by Gasteiger charge is 2.12. The largest absolute Gasteiger partial charge is 0.484 e. The molecule has 5 nitrogen and oxygen atoms in total. The van der Waals surface area contributed by atoms with Crippen molar-refractivity contribution in [2.75, 3.05) is 19.4 Å². The summed E-state index contributed by atoms with van der Waals surface area (Å²) in [5.41, 5.74) is 0. The van der Waals surface area contributed by atoms with Crippen LogP contribution in [0.3, 0.4) is 0 Å². The van der Waals surface area contributed by atoms with Crippen LogP contribution in [0.5, 0.6) is 5.75 Å². The maximum atomic E-state index is 12.1. The molecule has 0 unspecified atom stereocenters. The van der Waals surface area contributed by atoms with Crippen LogP contribution in [0.1, 0.15) is 14.5 Å². The maximum Gasteiger partial charge on any atom is 0.210 e. The minimum atomic E-state index is -3.20. The highest BCUT2D eigenvalue weighted by molar-refractivity contribution is 7.88. The summed E-state index contributed by atoms with van der Waals surface area (Å²) in [6.45, 7) is 0.159. The lowest BCUT2D eigenvalue weighted by Gasteiger charge is -2.06. The fraction of sp³-hybridized carbons (Fsp3) is 0.267. The zero-order valence-electron chi connectivity index (χ0n) is 12.7. The smallest absolute Gasteiger partial charge is 0.210 e. The molecular formula is C15H15Cl2NO4S2. The Kier molecular flexibility index (Phi) is 6.65. The third kappa shape index (κ3) is 6.07. The van der Waals surface area contributed by atoms with E-state index >= 15 is 0 Å². The van der Waals surface area contributed by atoms with Gasteiger partial charge in [0.15, 0.2) is 6.61 Å². The third-order valence-corrected chi connectivity index (χ3v) is 5.37. The highest BCUT2D eigenvalue weighted by Crippen LogP contribution is 2.27. The van der Waals surface area contributed by atoms with E-state index in [1.165, 1.54) is 11.3 Å². The Morgan fingerprint density at radius 3 is 2.67 bits per heavy atom. The van der Waals surface area contributed by atoms with Crippen LogP contribution in [-0.4, -0.2) is 33.6 Å². The number of carbonyl (C=O) groups is 1. The van der Waals surface area contributed by atoms with E-state index in [4.69, 9.17) is 27.9 Å². The Hall–Kier alpha value is -1.12. The summed E-state index contributed by atoms with van der Waals surface area (Å²) in [6, 6.07) is 8.29. The summed E-state index contributed by atoms with van der Waals surface area (Å²) in [5.74, 6) is 0.219. The Bertz CT molecular complexity index is 834. The number of halogens is 2. The number of ether oxygens (including phenoxy) is 1. The van der Waals surface area contributed by atoms with Crippen molar-refractivity contribution in [3.63, 3.8) is 0 Å². The summed E-state index contributed by atoms with van der Waals surface area (Å²) in [5, 5.41) is 0.832. The number of ketones is 1. The van der Waals surface area contributed by atoms with Gasteiger partial charge in [-0.15, -0.1) is 11.3 Å². The number of nitrogens with one attached hydrogen (secondary N) is 1. The molecule has 0 aliphatic heterocycles. The summed E-state index contributed by atoms with van der Waals surface area (Å²) in [4.78, 5) is 13.6. The second kappa shape index (κ2) is 8.31. The first-order chi connectivity index (χ1) is 11.2. The highest BCUT2D eigenvalue weighted by atomic mass is 35.5. The van der Waals surface area contributed by atoms with Gasteiger partial charge in [-0.2, -0.15) is 0 Å². The van der Waals surface area contributed by atoms with Crippen molar-refractivity contribution >= 4 is 50.3 Å². The summed E-state index contributed by atoms with van der Waals surface area (Å²) >= 11 is 13.1. The summed E-state index contributed by atoms with van der Waals surface area (Å²) < 4.78 is 29.8. The van der Waals surface area contributed by atoms with E-state index in [1.54, 1.807) is 30.3 Å². The lowest BCUT2D eigenvalue weighted by molar-refractivity contribution is 0.0925. The number of thiophene rings is 1. The topological polar surface area (TPSA) is 72.5 Å². The molecule has 24 heavy (non-hydrogen) atoms. The van der Waals surface area contributed by atoms with Crippen molar-refractivity contribution in [2.24, 2.45) is 0 Å². The van der Waals surface area contributed by atoms with Crippen LogP contribution >= 0.6 is 34.5 Å². The molecule has 0 spiro atoms. The Morgan fingerprint density at radius 1 is 1.25 bits per heavy atom. The van der Waals surface area contributed by atoms with E-state index in [1.807, 2.05) is 0 Å². The number of Topliss-reactive ketones (excluding diaryl/α,β-unsaturated/α-hetero) is 1. The van der Waals surface area contributed by atoms with Crippen molar-refractivity contribution in [3.8, 4) is 5.75 Å². The average molecular weight is 408 g/mol. The molecule has 0 fully saturated rings. The minimum Gasteiger partial charge on any atom is -0.484 e. The van der Waals surface area contributed by atoms with Gasteiger partial charge in [0.25, 0.3) is 0 Å². The Labute approximate surface area is 154 Å². The van der Waals surface area contributed by atoms with E-state index in [9.17, 15) is 13.2 Å². The van der Waals surface area contributed by atoms with Gasteiger partial charge < -0.3 is 4.74 Å².